The minimum Gasteiger partial charge on any atom is -0.364 e. The first-order valence-corrected chi connectivity index (χ1v) is 37.5. The van der Waals surface area contributed by atoms with Crippen molar-refractivity contribution in [3.05, 3.63) is 224 Å². The lowest BCUT2D eigenvalue weighted by molar-refractivity contribution is 0.0924. The lowest BCUT2D eigenvalue weighted by Gasteiger charge is -2.34. The monoisotopic (exact) mass is 1560 g/mol. The Morgan fingerprint density at radius 3 is 1.23 bits per heavy atom. The molecule has 4 aliphatic rings. The van der Waals surface area contributed by atoms with E-state index < -0.39 is 5.91 Å². The van der Waals surface area contributed by atoms with Crippen LogP contribution in [0.5, 0.6) is 0 Å². The number of anilines is 8. The van der Waals surface area contributed by atoms with Crippen LogP contribution in [0, 0.1) is 24.5 Å². The number of carbonyl (C=O) groups excluding carboxylic acids is 4. The predicted octanol–water partition coefficient (Wildman–Crippen LogP) is 13.5. The van der Waals surface area contributed by atoms with Gasteiger partial charge in [-0.2, -0.15) is 5.26 Å². The SMILES string of the molecule is CC(C)c1ccc(C(=O)N[C@@H]2CCCN(c3cnc(C(N)=O)c(Nc4ccccn4)n3)C2)cc1.Cl.N#Cc1ncc(N2CCC[C@@H](N)C2)nc1Cl.[C-]#[N+]c1ncc(N2CCC[C@@H](NC(=O)c3ccc(C(C)C)cc3)C2)nc1Cl.[C-]#[N+]c1ncc(N2CCC[C@@H](NC(=O)c3ccc(C(C)C)cc3)C2)nc1Nc1ccccn1. The van der Waals surface area contributed by atoms with Crippen molar-refractivity contribution in [3.8, 4) is 6.07 Å². The van der Waals surface area contributed by atoms with Crippen LogP contribution >= 0.6 is 35.6 Å². The number of nitrogens with one attached hydrogen (secondary N) is 5. The topological polar surface area (TPSA) is 355 Å². The Balaban J connectivity index is 0.000000174. The van der Waals surface area contributed by atoms with Crippen molar-refractivity contribution in [3.63, 3.8) is 0 Å². The van der Waals surface area contributed by atoms with E-state index in [1.165, 1.54) is 16.7 Å². The van der Waals surface area contributed by atoms with Gasteiger partial charge in [0.25, 0.3) is 23.6 Å². The Hall–Kier alpha value is -11.7. The minimum atomic E-state index is -0.676. The standard InChI is InChI=1S/C25H29N7O2.C25H27N7O.C20H22ClN5O.C10H12ClN5.ClH/c1-16(2)17-8-10-18(11-9-17)25(34)29-19-6-5-13-32(15-19)21-14-28-22(23(26)33)24(31-21)30-20-7-3-4-12-27-20;1-17(2)18-9-11-19(12-10-18)25(33)29-20-7-6-14-32(16-20)22-15-28-23(26-3)24(31-22)30-21-8-4-5-13-27-21;1-13(2)14-6-8-15(9-7-14)20(27)24-16-5-4-10-26(12-16)17-11-23-19(22-3)18(21)25-17;11-10-8(4-12)14-5-9(15-10)16-3-1-2-7(13)6-16;/h3-4,7-12,14,16,19H,5-6,13,15H2,1-2H3,(H2,26,33)(H,29,34)(H,27,30,31);4-5,8-13,15,17,20H,6-7,14,16H2,1-2H3,(H,29,33)(H,27,30,31);6-9,11,13,16H,4-5,10,12H2,1-2H3,(H,24,27);5,7H,1-3,6,13H2;1H/t19-;20-;16-;7-;/m1111./s1. The Bertz CT molecular complexity index is 4740. The van der Waals surface area contributed by atoms with Gasteiger partial charge in [0.2, 0.25) is 0 Å². The van der Waals surface area contributed by atoms with Crippen LogP contribution < -0.4 is 57.7 Å². The smallest absolute Gasteiger partial charge is 0.312 e. The van der Waals surface area contributed by atoms with Gasteiger partial charge in [-0.25, -0.2) is 39.9 Å². The highest BCUT2D eigenvalue weighted by atomic mass is 35.5. The van der Waals surface area contributed by atoms with E-state index in [2.05, 4.69) is 137 Å². The molecule has 6 aromatic heterocycles. The quantitative estimate of drug-likeness (QED) is 0.0392. The third-order valence-electron chi connectivity index (χ3n) is 18.8. The maximum absolute atomic E-state index is 12.8. The highest BCUT2D eigenvalue weighted by Crippen LogP contribution is 2.31. The molecule has 0 unspecified atom stereocenters. The summed E-state index contributed by atoms with van der Waals surface area (Å²) in [7, 11) is 0. The number of aromatic nitrogens is 10. The molecule has 0 aliphatic carbocycles. The molecule has 3 aromatic carbocycles. The molecule has 4 atom stereocenters. The zero-order valence-electron chi connectivity index (χ0n) is 62.8. The summed E-state index contributed by atoms with van der Waals surface area (Å²) in [6.07, 6.45) is 17.1. The van der Waals surface area contributed by atoms with E-state index in [4.69, 9.17) is 53.1 Å². The molecule has 9 aromatic rings. The molecule has 4 saturated heterocycles. The molecule has 111 heavy (non-hydrogen) atoms. The summed E-state index contributed by atoms with van der Waals surface area (Å²) in [6, 6.07) is 36.2. The van der Waals surface area contributed by atoms with Gasteiger partial charge in [0.1, 0.15) is 29.3 Å². The number of halogens is 3. The van der Waals surface area contributed by atoms with Gasteiger partial charge < -0.3 is 67.3 Å². The van der Waals surface area contributed by atoms with E-state index >= 15 is 0 Å². The van der Waals surface area contributed by atoms with Gasteiger partial charge in [0.05, 0.1) is 12.4 Å². The summed E-state index contributed by atoms with van der Waals surface area (Å²) >= 11 is 11.8. The lowest BCUT2D eigenvalue weighted by atomic mass is 10.0. The third kappa shape index (κ3) is 23.6. The molecule has 4 fully saturated rings. The molecule has 0 radical (unpaired) electrons. The first kappa shape index (κ1) is 83.3. The summed E-state index contributed by atoms with van der Waals surface area (Å²) in [5.41, 5.74) is 17.2. The van der Waals surface area contributed by atoms with Gasteiger partial charge in [0.15, 0.2) is 57.4 Å². The number of hydrogen-bond donors (Lipinski definition) is 7. The number of carbonyl (C=O) groups is 4. The van der Waals surface area contributed by atoms with E-state index in [0.29, 0.717) is 94.8 Å². The largest absolute Gasteiger partial charge is 0.364 e. The van der Waals surface area contributed by atoms with Crippen molar-refractivity contribution in [2.45, 2.75) is 135 Å². The zero-order valence-corrected chi connectivity index (χ0v) is 65.1. The average molecular weight is 1560 g/mol. The van der Waals surface area contributed by atoms with Crippen LogP contribution in [0.3, 0.4) is 0 Å². The van der Waals surface area contributed by atoms with Crippen LogP contribution in [0.2, 0.25) is 10.3 Å². The maximum Gasteiger partial charge on any atom is 0.312 e. The highest BCUT2D eigenvalue weighted by molar-refractivity contribution is 6.32. The first-order chi connectivity index (χ1) is 53.1. The van der Waals surface area contributed by atoms with E-state index in [0.717, 1.165) is 84.1 Å². The lowest BCUT2D eigenvalue weighted by Crippen LogP contribution is -2.48. The number of primary amides is 1. The molecule has 13 rings (SSSR count). The average Bonchev–Trinajstić information content (AvgIpc) is 0.816. The summed E-state index contributed by atoms with van der Waals surface area (Å²) in [5.74, 6) is 5.04. The normalized spacial score (nSPS) is 16.5. The summed E-state index contributed by atoms with van der Waals surface area (Å²) < 4.78 is 0. The van der Waals surface area contributed by atoms with E-state index in [-0.39, 0.29) is 93.4 Å². The van der Waals surface area contributed by atoms with Gasteiger partial charge in [-0.05, 0) is 146 Å². The number of nitrogens with zero attached hydrogens (tertiary/aromatic N) is 17. The van der Waals surface area contributed by atoms with Crippen molar-refractivity contribution < 1.29 is 19.2 Å². The summed E-state index contributed by atoms with van der Waals surface area (Å²) in [5, 5.41) is 24.5. The fourth-order valence-electron chi connectivity index (χ4n) is 12.8. The van der Waals surface area contributed by atoms with Crippen LogP contribution in [-0.2, 0) is 0 Å². The van der Waals surface area contributed by atoms with Gasteiger partial charge in [-0.15, -0.1) is 22.4 Å². The van der Waals surface area contributed by atoms with Gasteiger partial charge in [-0.3, -0.25) is 19.2 Å². The Kier molecular flexibility index (Phi) is 30.5. The van der Waals surface area contributed by atoms with Gasteiger partial charge in [0, 0.05) is 106 Å². The van der Waals surface area contributed by atoms with E-state index in [9.17, 15) is 19.2 Å². The summed E-state index contributed by atoms with van der Waals surface area (Å²) in [6.45, 7) is 33.1. The number of nitrogens with two attached hydrogens (primary N) is 2. The molecule has 0 saturated carbocycles. The fraction of sp³-hybridized carbons (Fsp3) is 0.362. The number of hydrogen-bond acceptors (Lipinski definition) is 22. The van der Waals surface area contributed by atoms with Crippen LogP contribution in [0.1, 0.15) is 175 Å². The summed E-state index contributed by atoms with van der Waals surface area (Å²) in [4.78, 5) is 108. The number of rotatable bonds is 18. The number of benzene rings is 3. The number of nitriles is 1. The van der Waals surface area contributed by atoms with Crippen molar-refractivity contribution in [1.82, 2.24) is 65.8 Å². The minimum absolute atomic E-state index is 0. The first-order valence-electron chi connectivity index (χ1n) is 36.7. The second-order valence-corrected chi connectivity index (χ2v) is 28.6. The zero-order chi connectivity index (χ0) is 78.2. The van der Waals surface area contributed by atoms with Crippen LogP contribution in [0.25, 0.3) is 9.69 Å². The highest BCUT2D eigenvalue weighted by Gasteiger charge is 2.29. The molecule has 31 heteroatoms. The number of amides is 4. The molecule has 10 heterocycles. The van der Waals surface area contributed by atoms with Crippen molar-refractivity contribution in [2.75, 3.05) is 82.6 Å². The van der Waals surface area contributed by atoms with Crippen LogP contribution in [0.15, 0.2) is 146 Å². The molecular weight excluding hydrogens is 1470 g/mol. The molecule has 0 spiro atoms. The van der Waals surface area contributed by atoms with E-state index in [1.807, 2.05) is 113 Å². The molecule has 9 N–H and O–H groups in total. The second kappa shape index (κ2) is 40.6. The van der Waals surface area contributed by atoms with Crippen molar-refractivity contribution in [2.24, 2.45) is 11.5 Å². The Labute approximate surface area is 663 Å². The predicted molar refractivity (Wildman–Crippen MR) is 435 cm³/mol. The molecule has 4 aliphatic heterocycles. The number of piperidine rings is 4. The van der Waals surface area contributed by atoms with Crippen molar-refractivity contribution >= 4 is 117 Å². The van der Waals surface area contributed by atoms with Crippen molar-refractivity contribution in [1.29, 1.82) is 5.26 Å². The molecular formula is C80H91Cl3N24O4. The second-order valence-electron chi connectivity index (χ2n) is 27.9. The molecule has 576 valence electrons. The van der Waals surface area contributed by atoms with Crippen LogP contribution in [-0.4, -0.2) is 150 Å². The fourth-order valence-corrected chi connectivity index (χ4v) is 13.1. The Morgan fingerprint density at radius 2 is 0.856 bits per heavy atom. The molecule has 4 amide bonds. The molecule has 28 nitrogen and oxygen atoms in total. The van der Waals surface area contributed by atoms with Gasteiger partial charge in [-0.1, -0.05) is 126 Å². The maximum atomic E-state index is 12.8. The van der Waals surface area contributed by atoms with E-state index in [1.54, 1.807) is 49.3 Å². The Morgan fingerprint density at radius 1 is 0.486 bits per heavy atom. The number of pyridine rings is 2. The molecule has 0 bridgehead atoms. The van der Waals surface area contributed by atoms with Gasteiger partial charge >= 0.3 is 11.6 Å². The van der Waals surface area contributed by atoms with Crippen LogP contribution in [0.4, 0.5) is 58.2 Å². The third-order valence-corrected chi connectivity index (χ3v) is 19.4.